The Labute approximate surface area is 237 Å². The van der Waals surface area contributed by atoms with E-state index in [0.717, 1.165) is 19.0 Å². The van der Waals surface area contributed by atoms with Gasteiger partial charge in [-0.05, 0) is 25.5 Å². The second kappa shape index (κ2) is 9.38. The van der Waals surface area contributed by atoms with Gasteiger partial charge in [-0.25, -0.2) is 28.2 Å². The molecule has 13 heteroatoms. The number of nitrogens with one attached hydrogen (secondary N) is 3. The van der Waals surface area contributed by atoms with Crippen LogP contribution in [0.3, 0.4) is 0 Å². The van der Waals surface area contributed by atoms with Crippen LogP contribution < -0.4 is 21.1 Å². The van der Waals surface area contributed by atoms with E-state index in [1.54, 1.807) is 32.6 Å². The maximum atomic E-state index is 15.6. The molecule has 2 fully saturated rings. The second-order valence-corrected chi connectivity index (χ2v) is 11.0. The van der Waals surface area contributed by atoms with Gasteiger partial charge in [-0.15, -0.1) is 0 Å². The van der Waals surface area contributed by atoms with Gasteiger partial charge in [0, 0.05) is 75.6 Å². The Morgan fingerprint density at radius 3 is 2.67 bits per heavy atom. The van der Waals surface area contributed by atoms with Crippen molar-refractivity contribution in [2.45, 2.75) is 12.5 Å². The highest BCUT2D eigenvalue weighted by molar-refractivity contribution is 6.18. The number of carboxylic acids is 1. The van der Waals surface area contributed by atoms with E-state index < -0.39 is 28.6 Å². The van der Waals surface area contributed by atoms with Gasteiger partial charge in [-0.3, -0.25) is 4.79 Å². The van der Waals surface area contributed by atoms with Crippen LogP contribution in [0.25, 0.3) is 44.1 Å². The van der Waals surface area contributed by atoms with Crippen molar-refractivity contribution >= 4 is 50.3 Å². The third kappa shape index (κ3) is 3.66. The Morgan fingerprint density at radius 1 is 1.14 bits per heavy atom. The number of halogens is 2. The molecule has 11 nitrogen and oxygen atoms in total. The van der Waals surface area contributed by atoms with E-state index in [2.05, 4.69) is 42.5 Å². The molecule has 2 atom stereocenters. The first-order valence-corrected chi connectivity index (χ1v) is 13.6. The molecule has 1 aromatic carbocycles. The molecule has 4 N–H and O–H groups in total. The molecule has 1 unspecified atom stereocenters. The van der Waals surface area contributed by atoms with Gasteiger partial charge < -0.3 is 30.6 Å². The molecule has 2 aliphatic heterocycles. The standard InChI is InChI=1S/C29H28F2N8O3/c1-32-19-7-18(30)23(31)21-22-25(38-5-4-13-10-37(3)20(13)12-38)16(9-34-27(22)36-24(19)21)14-6-15-26(40)17(29(41)42)11-39(33-2)28(15)35-8-14/h6-9,11,13,20,32-33H,4-5,10,12H2,1-3H3,(H,34,36)(H,41,42)/t13-,20?/m0/s1. The predicted octanol–water partition coefficient (Wildman–Crippen LogP) is 3.42. The summed E-state index contributed by atoms with van der Waals surface area (Å²) in [5.74, 6) is -2.76. The van der Waals surface area contributed by atoms with Crippen LogP contribution in [0.15, 0.2) is 35.5 Å². The summed E-state index contributed by atoms with van der Waals surface area (Å²) in [5, 5.41) is 13.2. The molecule has 2 saturated heterocycles. The van der Waals surface area contributed by atoms with Crippen molar-refractivity contribution in [1.82, 2.24) is 24.5 Å². The zero-order chi connectivity index (χ0) is 29.4. The van der Waals surface area contributed by atoms with Crippen molar-refractivity contribution in [2.24, 2.45) is 5.92 Å². The van der Waals surface area contributed by atoms with Crippen LogP contribution >= 0.6 is 0 Å². The number of rotatable bonds is 5. The van der Waals surface area contributed by atoms with Crippen LogP contribution in [0.4, 0.5) is 20.2 Å². The molecule has 42 heavy (non-hydrogen) atoms. The first-order chi connectivity index (χ1) is 20.2. The van der Waals surface area contributed by atoms with E-state index in [-0.39, 0.29) is 16.4 Å². The number of benzene rings is 1. The molecule has 0 aliphatic carbocycles. The number of piperidine rings is 1. The van der Waals surface area contributed by atoms with Gasteiger partial charge in [0.15, 0.2) is 17.3 Å². The molecule has 0 radical (unpaired) electrons. The Kier molecular flexibility index (Phi) is 5.84. The molecule has 2 aliphatic rings. The zero-order valence-electron chi connectivity index (χ0n) is 23.1. The number of carbonyl (C=O) groups is 1. The Hall–Kier alpha value is -4.78. The van der Waals surface area contributed by atoms with Gasteiger partial charge in [0.2, 0.25) is 5.43 Å². The molecule has 7 rings (SSSR count). The van der Waals surface area contributed by atoms with Gasteiger partial charge in [0.05, 0.1) is 33.1 Å². The number of likely N-dealkylation sites (tertiary alicyclic amines) is 1. The second-order valence-electron chi connectivity index (χ2n) is 11.0. The minimum absolute atomic E-state index is 0.0854. The molecule has 0 bridgehead atoms. The third-order valence-corrected chi connectivity index (χ3v) is 8.78. The van der Waals surface area contributed by atoms with Crippen LogP contribution in [-0.4, -0.2) is 82.4 Å². The first kappa shape index (κ1) is 26.1. The SMILES string of the molecule is CNc1cc(F)c(F)c2c1[nH]c1ncc(-c3cnc4c(c3)c(=O)c(C(=O)O)cn4NC)c(N3CC[C@H]4CN(C)C4C3)c12. The predicted molar refractivity (Wildman–Crippen MR) is 157 cm³/mol. The lowest BCUT2D eigenvalue weighted by Gasteiger charge is -2.52. The van der Waals surface area contributed by atoms with Crippen LogP contribution in [0.5, 0.6) is 0 Å². The largest absolute Gasteiger partial charge is 0.477 e. The average Bonchev–Trinajstić information content (AvgIpc) is 3.38. The Balaban J connectivity index is 1.54. The van der Waals surface area contributed by atoms with E-state index in [4.69, 9.17) is 0 Å². The van der Waals surface area contributed by atoms with Crippen molar-refractivity contribution in [3.05, 3.63) is 58.1 Å². The summed E-state index contributed by atoms with van der Waals surface area (Å²) in [4.78, 5) is 41.8. The number of anilines is 2. The third-order valence-electron chi connectivity index (χ3n) is 8.78. The number of carboxylic acid groups (broad SMARTS) is 1. The van der Waals surface area contributed by atoms with E-state index in [1.807, 2.05) is 0 Å². The first-order valence-electron chi connectivity index (χ1n) is 13.6. The van der Waals surface area contributed by atoms with Crippen LogP contribution in [0.2, 0.25) is 0 Å². The summed E-state index contributed by atoms with van der Waals surface area (Å²) in [6, 6.07) is 3.01. The summed E-state index contributed by atoms with van der Waals surface area (Å²) in [6.45, 7) is 2.39. The van der Waals surface area contributed by atoms with Gasteiger partial charge in [0.1, 0.15) is 11.2 Å². The number of fused-ring (bicyclic) bond motifs is 5. The lowest BCUT2D eigenvalue weighted by molar-refractivity contribution is 0.0281. The van der Waals surface area contributed by atoms with Crippen molar-refractivity contribution in [2.75, 3.05) is 56.4 Å². The molecular weight excluding hydrogens is 546 g/mol. The number of hydrogen-bond acceptors (Lipinski definition) is 8. The van der Waals surface area contributed by atoms with E-state index >= 15 is 4.39 Å². The summed E-state index contributed by atoms with van der Waals surface area (Å²) in [6.07, 6.45) is 5.34. The minimum Gasteiger partial charge on any atom is -0.477 e. The van der Waals surface area contributed by atoms with Crippen molar-refractivity contribution < 1.29 is 18.7 Å². The summed E-state index contributed by atoms with van der Waals surface area (Å²) >= 11 is 0. The highest BCUT2D eigenvalue weighted by Crippen LogP contribution is 2.45. The topological polar surface area (TPSA) is 131 Å². The normalized spacial score (nSPS) is 18.8. The number of nitrogens with zero attached hydrogens (tertiary/aromatic N) is 5. The number of pyridine rings is 3. The number of H-pyrrole nitrogens is 1. The maximum Gasteiger partial charge on any atom is 0.341 e. The van der Waals surface area contributed by atoms with Gasteiger partial charge in [-0.2, -0.15) is 0 Å². The molecular formula is C29H28F2N8O3. The summed E-state index contributed by atoms with van der Waals surface area (Å²) < 4.78 is 31.9. The monoisotopic (exact) mass is 574 g/mol. The summed E-state index contributed by atoms with van der Waals surface area (Å²) in [7, 11) is 5.30. The quantitative estimate of drug-likeness (QED) is 0.249. The number of aromatic carboxylic acids is 1. The fourth-order valence-corrected chi connectivity index (χ4v) is 6.62. The number of aromatic amines is 1. The van der Waals surface area contributed by atoms with E-state index in [1.165, 1.54) is 10.9 Å². The van der Waals surface area contributed by atoms with Crippen molar-refractivity contribution in [3.63, 3.8) is 0 Å². The van der Waals surface area contributed by atoms with Crippen molar-refractivity contribution in [1.29, 1.82) is 0 Å². The van der Waals surface area contributed by atoms with Crippen LogP contribution in [0, 0.1) is 17.6 Å². The van der Waals surface area contributed by atoms with Crippen LogP contribution in [0.1, 0.15) is 16.8 Å². The fourth-order valence-electron chi connectivity index (χ4n) is 6.62. The number of aromatic nitrogens is 4. The molecule has 0 spiro atoms. The number of hydrogen-bond donors (Lipinski definition) is 4. The van der Waals surface area contributed by atoms with E-state index in [0.29, 0.717) is 64.1 Å². The smallest absolute Gasteiger partial charge is 0.341 e. The molecule has 4 aromatic heterocycles. The van der Waals surface area contributed by atoms with Gasteiger partial charge in [0.25, 0.3) is 0 Å². The minimum atomic E-state index is -1.36. The fraction of sp³-hybridized carbons (Fsp3) is 0.310. The molecule has 6 heterocycles. The number of likely N-dealkylation sites (N-methyl/N-ethyl adjacent to an activating group) is 1. The molecule has 5 aromatic rings. The lowest BCUT2D eigenvalue weighted by Crippen LogP contribution is -2.62. The lowest BCUT2D eigenvalue weighted by atomic mass is 9.82. The highest BCUT2D eigenvalue weighted by atomic mass is 19.2. The average molecular weight is 575 g/mol. The highest BCUT2D eigenvalue weighted by Gasteiger charge is 2.41. The Morgan fingerprint density at radius 2 is 1.95 bits per heavy atom. The van der Waals surface area contributed by atoms with Crippen LogP contribution in [-0.2, 0) is 0 Å². The maximum absolute atomic E-state index is 15.6. The summed E-state index contributed by atoms with van der Waals surface area (Å²) in [5.41, 5.74) is 4.92. The Bertz CT molecular complexity index is 2010. The molecule has 0 saturated carbocycles. The molecule has 216 valence electrons. The molecule has 0 amide bonds. The van der Waals surface area contributed by atoms with Gasteiger partial charge >= 0.3 is 5.97 Å². The zero-order valence-corrected chi connectivity index (χ0v) is 23.1. The van der Waals surface area contributed by atoms with E-state index in [9.17, 15) is 19.1 Å². The van der Waals surface area contributed by atoms with Gasteiger partial charge in [-0.1, -0.05) is 0 Å². The van der Waals surface area contributed by atoms with Crippen molar-refractivity contribution in [3.8, 4) is 11.1 Å².